The van der Waals surface area contributed by atoms with Crippen LogP contribution in [0, 0.1) is 0 Å². The van der Waals surface area contributed by atoms with Gasteiger partial charge < -0.3 is 9.63 Å². The van der Waals surface area contributed by atoms with Gasteiger partial charge in [-0.1, -0.05) is 0 Å². The molecule has 2 N–H and O–H groups in total. The van der Waals surface area contributed by atoms with Gasteiger partial charge >= 0.3 is 13.6 Å². The highest BCUT2D eigenvalue weighted by molar-refractivity contribution is 7.53. The van der Waals surface area contributed by atoms with E-state index in [0.29, 0.717) is 0 Å². The predicted octanol–water partition coefficient (Wildman–Crippen LogP) is 0.548. The lowest BCUT2D eigenvalue weighted by Gasteiger charge is -2.09. The van der Waals surface area contributed by atoms with E-state index in [4.69, 9.17) is 10.4 Å². The zero-order valence-corrected chi connectivity index (χ0v) is 8.19. The molecule has 0 fully saturated rings. The molecule has 1 atom stereocenters. The maximum Gasteiger partial charge on any atom is 0.357 e. The highest BCUT2D eigenvalue weighted by atomic mass is 31.2. The number of hydrogen-bond donors (Lipinski definition) is 2. The predicted molar refractivity (Wildman–Crippen MR) is 44.7 cm³/mol. The monoisotopic (exact) mass is 224 g/mol. The average Bonchev–Trinajstić information content (AvgIpc) is 2.18. The van der Waals surface area contributed by atoms with Crippen molar-refractivity contribution in [1.82, 2.24) is 0 Å². The van der Waals surface area contributed by atoms with Crippen molar-refractivity contribution in [2.45, 2.75) is 6.42 Å². The van der Waals surface area contributed by atoms with E-state index in [9.17, 15) is 14.2 Å². The van der Waals surface area contributed by atoms with Gasteiger partial charge in [0.15, 0.2) is 0 Å². The second kappa shape index (κ2) is 5.70. The molecular weight excluding hydrogens is 215 g/mol. The topological polar surface area (TPSA) is 110 Å². The summed E-state index contributed by atoms with van der Waals surface area (Å²) in [6, 6.07) is 0. The fourth-order valence-electron chi connectivity index (χ4n) is 0.616. The fourth-order valence-corrected chi connectivity index (χ4v) is 1.44. The highest BCUT2D eigenvalue weighted by Crippen LogP contribution is 2.47. The molecular formula is C6H9O7P. The van der Waals surface area contributed by atoms with Crippen LogP contribution in [0.4, 0.5) is 0 Å². The van der Waals surface area contributed by atoms with Gasteiger partial charge in [-0.25, -0.2) is 14.8 Å². The lowest BCUT2D eigenvalue weighted by atomic mass is 10.2. The summed E-state index contributed by atoms with van der Waals surface area (Å²) in [4.78, 5) is 20.4. The van der Waals surface area contributed by atoms with E-state index in [-0.39, 0.29) is 6.42 Å². The quantitative estimate of drug-likeness (QED) is 0.223. The third-order valence-corrected chi connectivity index (χ3v) is 3.00. The van der Waals surface area contributed by atoms with Crippen molar-refractivity contribution in [1.29, 1.82) is 0 Å². The van der Waals surface area contributed by atoms with Crippen molar-refractivity contribution in [2.75, 3.05) is 13.3 Å². The van der Waals surface area contributed by atoms with Crippen LogP contribution in [0.2, 0.25) is 0 Å². The first-order valence-corrected chi connectivity index (χ1v) is 5.17. The van der Waals surface area contributed by atoms with E-state index in [2.05, 4.69) is 9.20 Å². The lowest BCUT2D eigenvalue weighted by Crippen LogP contribution is -2.05. The molecule has 0 aromatic heterocycles. The Hall–Kier alpha value is -0.970. The van der Waals surface area contributed by atoms with Crippen molar-refractivity contribution in [2.24, 2.45) is 0 Å². The zero-order chi connectivity index (χ0) is 11.2. The standard InChI is InChI=1S/C6H9O7P/c1-12-14(11,13-10)3-2-5(4-7)6(8)9/h10H,2-3H2,1H3,(H,8,9). The van der Waals surface area contributed by atoms with Gasteiger partial charge in [-0.05, 0) is 0 Å². The highest BCUT2D eigenvalue weighted by Gasteiger charge is 2.24. The molecule has 0 aromatic carbocycles. The fraction of sp³-hybridized carbons (Fsp3) is 0.500. The number of aliphatic carboxylic acids is 1. The minimum absolute atomic E-state index is 0.357. The molecule has 0 bridgehead atoms. The van der Waals surface area contributed by atoms with Crippen LogP contribution >= 0.6 is 7.60 Å². The van der Waals surface area contributed by atoms with Gasteiger partial charge in [0.05, 0.1) is 6.16 Å². The molecule has 1 unspecified atom stereocenters. The van der Waals surface area contributed by atoms with Gasteiger partial charge in [-0.15, -0.1) is 0 Å². The number of carboxylic acids is 1. The molecule has 0 aromatic rings. The number of carboxylic acid groups (broad SMARTS) is 1. The van der Waals surface area contributed by atoms with E-state index >= 15 is 0 Å². The van der Waals surface area contributed by atoms with Gasteiger partial charge in [-0.3, -0.25) is 4.57 Å². The maximum atomic E-state index is 11.2. The Balaban J connectivity index is 4.37. The van der Waals surface area contributed by atoms with Crippen LogP contribution in [0.15, 0.2) is 5.57 Å². The Bertz CT molecular complexity index is 295. The first-order chi connectivity index (χ1) is 6.49. The van der Waals surface area contributed by atoms with E-state index in [1.165, 1.54) is 5.94 Å². The number of hydrogen-bond acceptors (Lipinski definition) is 6. The second-order valence-electron chi connectivity index (χ2n) is 2.23. The Morgan fingerprint density at radius 3 is 2.43 bits per heavy atom. The molecule has 8 heteroatoms. The second-order valence-corrected chi connectivity index (χ2v) is 4.43. The van der Waals surface area contributed by atoms with Crippen LogP contribution in [0.3, 0.4) is 0 Å². The largest absolute Gasteiger partial charge is 0.477 e. The lowest BCUT2D eigenvalue weighted by molar-refractivity contribution is -0.147. The Morgan fingerprint density at radius 1 is 1.57 bits per heavy atom. The number of rotatable bonds is 6. The molecule has 0 saturated heterocycles. The molecule has 7 nitrogen and oxygen atoms in total. The average molecular weight is 224 g/mol. The maximum absolute atomic E-state index is 11.2. The van der Waals surface area contributed by atoms with Crippen LogP contribution in [0.1, 0.15) is 6.42 Å². The molecule has 0 saturated carbocycles. The van der Waals surface area contributed by atoms with Gasteiger partial charge in [0.2, 0.25) is 0 Å². The molecule has 0 aliphatic carbocycles. The molecule has 0 amide bonds. The summed E-state index contributed by atoms with van der Waals surface area (Å²) in [5.41, 5.74) is -0.584. The number of carbonyl (C=O) groups is 1. The molecule has 14 heavy (non-hydrogen) atoms. The molecule has 0 rings (SSSR count). The van der Waals surface area contributed by atoms with Crippen molar-refractivity contribution in [3.63, 3.8) is 0 Å². The number of carbonyl (C=O) groups excluding carboxylic acids is 1. The summed E-state index contributed by atoms with van der Waals surface area (Å²) in [6.45, 7) is 0. The van der Waals surface area contributed by atoms with Crippen LogP contribution in [0.25, 0.3) is 0 Å². The van der Waals surface area contributed by atoms with Crippen molar-refractivity contribution < 1.29 is 33.7 Å². The van der Waals surface area contributed by atoms with E-state index in [0.717, 1.165) is 7.11 Å². The molecule has 0 aliphatic rings. The van der Waals surface area contributed by atoms with Crippen LogP contribution in [0.5, 0.6) is 0 Å². The summed E-state index contributed by atoms with van der Waals surface area (Å²) in [6.07, 6.45) is -0.763. The van der Waals surface area contributed by atoms with Gasteiger partial charge in [-0.2, -0.15) is 4.67 Å². The Labute approximate surface area is 79.4 Å². The SMILES string of the molecule is COP(=O)(CCC(=C=O)C(=O)O)OO. The first kappa shape index (κ1) is 13.0. The third-order valence-electron chi connectivity index (χ3n) is 1.42. The summed E-state index contributed by atoms with van der Waals surface area (Å²) < 4.78 is 19.0. The minimum Gasteiger partial charge on any atom is -0.477 e. The zero-order valence-electron chi connectivity index (χ0n) is 7.30. The van der Waals surface area contributed by atoms with Crippen molar-refractivity contribution >= 4 is 19.5 Å². The third kappa shape index (κ3) is 3.83. The summed E-state index contributed by atoms with van der Waals surface area (Å²) >= 11 is 0. The summed E-state index contributed by atoms with van der Waals surface area (Å²) in [5, 5.41) is 16.5. The molecule has 0 spiro atoms. The van der Waals surface area contributed by atoms with E-state index in [1.54, 1.807) is 0 Å². The minimum atomic E-state index is -3.70. The van der Waals surface area contributed by atoms with Gasteiger partial charge in [0, 0.05) is 13.5 Å². The van der Waals surface area contributed by atoms with Gasteiger partial charge in [0.1, 0.15) is 11.5 Å². The first-order valence-electron chi connectivity index (χ1n) is 3.44. The summed E-state index contributed by atoms with van der Waals surface area (Å²) in [7, 11) is -2.67. The van der Waals surface area contributed by atoms with E-state index in [1.807, 2.05) is 0 Å². The van der Waals surface area contributed by atoms with Crippen molar-refractivity contribution in [3.05, 3.63) is 5.57 Å². The molecule has 0 heterocycles. The van der Waals surface area contributed by atoms with Gasteiger partial charge in [0.25, 0.3) is 0 Å². The molecule has 0 radical (unpaired) electrons. The molecule has 80 valence electrons. The normalized spacial score (nSPS) is 14.1. The van der Waals surface area contributed by atoms with Crippen molar-refractivity contribution in [3.8, 4) is 0 Å². The summed E-state index contributed by atoms with van der Waals surface area (Å²) in [5.74, 6) is -0.282. The van der Waals surface area contributed by atoms with Crippen LogP contribution in [-0.2, 0) is 23.4 Å². The van der Waals surface area contributed by atoms with Crippen LogP contribution in [-0.4, -0.2) is 35.5 Å². The van der Waals surface area contributed by atoms with Crippen LogP contribution < -0.4 is 0 Å². The Kier molecular flexibility index (Phi) is 5.30. The smallest absolute Gasteiger partial charge is 0.357 e. The Morgan fingerprint density at radius 2 is 2.14 bits per heavy atom. The molecule has 0 aliphatic heterocycles. The van der Waals surface area contributed by atoms with E-state index < -0.39 is 25.3 Å².